The highest BCUT2D eigenvalue weighted by molar-refractivity contribution is 6.05. The lowest BCUT2D eigenvalue weighted by Crippen LogP contribution is -2.22. The van der Waals surface area contributed by atoms with Crippen LogP contribution in [-0.2, 0) is 4.79 Å². The Morgan fingerprint density at radius 2 is 2.29 bits per heavy atom. The van der Waals surface area contributed by atoms with E-state index in [1.54, 1.807) is 12.2 Å². The minimum absolute atomic E-state index is 0.0502. The van der Waals surface area contributed by atoms with Crippen LogP contribution in [0.15, 0.2) is 29.0 Å². The Balaban J connectivity index is 2.71. The lowest BCUT2D eigenvalue weighted by Gasteiger charge is -2.14. The molecular formula is C9H11NO4. The number of nitrogens with zero attached hydrogens (tertiary/aromatic N) is 1. The van der Waals surface area contributed by atoms with Gasteiger partial charge in [0.2, 0.25) is 0 Å². The van der Waals surface area contributed by atoms with Crippen LogP contribution in [0.3, 0.4) is 0 Å². The summed E-state index contributed by atoms with van der Waals surface area (Å²) in [7, 11) is 0. The van der Waals surface area contributed by atoms with Crippen LogP contribution in [0, 0.1) is 0 Å². The summed E-state index contributed by atoms with van der Waals surface area (Å²) in [6.07, 6.45) is 3.94. The second kappa shape index (κ2) is 4.57. The minimum Gasteiger partial charge on any atom is -0.481 e. The number of allylic oxidation sites excluding steroid dienone is 2. The van der Waals surface area contributed by atoms with E-state index in [1.807, 2.05) is 0 Å². The monoisotopic (exact) mass is 197 g/mol. The van der Waals surface area contributed by atoms with Crippen LogP contribution in [0.4, 0.5) is 0 Å². The maximum absolute atomic E-state index is 10.3. The van der Waals surface area contributed by atoms with Crippen LogP contribution < -0.4 is 0 Å². The number of carboxylic acid groups (broad SMARTS) is 1. The number of rotatable bonds is 3. The van der Waals surface area contributed by atoms with Gasteiger partial charge in [-0.15, -0.1) is 0 Å². The van der Waals surface area contributed by atoms with Gasteiger partial charge in [-0.25, -0.2) is 0 Å². The van der Waals surface area contributed by atoms with Crippen LogP contribution in [0.25, 0.3) is 0 Å². The second-order valence-corrected chi connectivity index (χ2v) is 2.90. The van der Waals surface area contributed by atoms with Gasteiger partial charge in [-0.1, -0.05) is 23.4 Å². The van der Waals surface area contributed by atoms with Gasteiger partial charge in [0.05, 0.1) is 0 Å². The van der Waals surface area contributed by atoms with Crippen LogP contribution in [-0.4, -0.2) is 33.2 Å². The number of aliphatic hydroxyl groups is 1. The van der Waals surface area contributed by atoms with E-state index in [0.717, 1.165) is 0 Å². The molecule has 1 aliphatic carbocycles. The molecule has 0 bridgehead atoms. The number of hydrogen-bond acceptors (Lipinski definition) is 4. The van der Waals surface area contributed by atoms with Crippen molar-refractivity contribution in [3.05, 3.63) is 23.8 Å². The van der Waals surface area contributed by atoms with Gasteiger partial charge in [0.1, 0.15) is 11.8 Å². The SMILES string of the molecule is O=C(O)CCC1=CC=CC(O)C1=NO. The van der Waals surface area contributed by atoms with Crippen LogP contribution >= 0.6 is 0 Å². The summed E-state index contributed by atoms with van der Waals surface area (Å²) < 4.78 is 0. The van der Waals surface area contributed by atoms with E-state index in [1.165, 1.54) is 6.08 Å². The Morgan fingerprint density at radius 3 is 2.86 bits per heavy atom. The van der Waals surface area contributed by atoms with Gasteiger partial charge < -0.3 is 15.4 Å². The molecule has 0 saturated carbocycles. The lowest BCUT2D eigenvalue weighted by atomic mass is 9.96. The Labute approximate surface area is 80.7 Å². The van der Waals surface area contributed by atoms with Gasteiger partial charge in [0, 0.05) is 6.42 Å². The van der Waals surface area contributed by atoms with E-state index in [4.69, 9.17) is 10.3 Å². The highest BCUT2D eigenvalue weighted by atomic mass is 16.4. The number of aliphatic carboxylic acids is 1. The third-order valence-corrected chi connectivity index (χ3v) is 1.92. The normalized spacial score (nSPS) is 23.6. The number of hydrogen-bond donors (Lipinski definition) is 3. The van der Waals surface area contributed by atoms with Crippen molar-refractivity contribution in [2.75, 3.05) is 0 Å². The summed E-state index contributed by atoms with van der Waals surface area (Å²) in [6, 6.07) is 0. The molecule has 3 N–H and O–H groups in total. The maximum Gasteiger partial charge on any atom is 0.303 e. The van der Waals surface area contributed by atoms with Gasteiger partial charge in [-0.3, -0.25) is 4.79 Å². The molecule has 1 rings (SSSR count). The zero-order valence-electron chi connectivity index (χ0n) is 7.42. The van der Waals surface area contributed by atoms with E-state index in [9.17, 15) is 9.90 Å². The van der Waals surface area contributed by atoms with Crippen LogP contribution in [0.5, 0.6) is 0 Å². The molecule has 76 valence electrons. The molecule has 0 aromatic rings. The molecule has 14 heavy (non-hydrogen) atoms. The first-order valence-corrected chi connectivity index (χ1v) is 4.14. The summed E-state index contributed by atoms with van der Waals surface area (Å²) in [5.74, 6) is -0.924. The first-order valence-electron chi connectivity index (χ1n) is 4.14. The highest BCUT2D eigenvalue weighted by Crippen LogP contribution is 2.15. The second-order valence-electron chi connectivity index (χ2n) is 2.90. The van der Waals surface area contributed by atoms with Crippen molar-refractivity contribution in [2.45, 2.75) is 18.9 Å². The maximum atomic E-state index is 10.3. The van der Waals surface area contributed by atoms with Gasteiger partial charge in [0.15, 0.2) is 0 Å². The zero-order valence-corrected chi connectivity index (χ0v) is 7.42. The average Bonchev–Trinajstić information content (AvgIpc) is 2.14. The van der Waals surface area contributed by atoms with E-state index in [0.29, 0.717) is 5.57 Å². The zero-order chi connectivity index (χ0) is 10.6. The van der Waals surface area contributed by atoms with Crippen molar-refractivity contribution in [1.29, 1.82) is 0 Å². The summed E-state index contributed by atoms with van der Waals surface area (Å²) in [5.41, 5.74) is 0.665. The standard InChI is InChI=1S/C9H11NO4/c11-7-3-1-2-6(9(7)10-14)4-5-8(12)13/h1-3,7,11,14H,4-5H2,(H,12,13). The van der Waals surface area contributed by atoms with Crippen molar-refractivity contribution in [1.82, 2.24) is 0 Å². The predicted molar refractivity (Wildman–Crippen MR) is 49.3 cm³/mol. The Morgan fingerprint density at radius 1 is 1.57 bits per heavy atom. The average molecular weight is 197 g/mol. The molecule has 0 heterocycles. The molecule has 0 spiro atoms. The first kappa shape index (κ1) is 10.5. The summed E-state index contributed by atoms with van der Waals surface area (Å²) in [6.45, 7) is 0. The fraction of sp³-hybridized carbons (Fsp3) is 0.333. The molecular weight excluding hydrogens is 186 g/mol. The molecule has 0 saturated heterocycles. The molecule has 1 aliphatic rings. The van der Waals surface area contributed by atoms with Crippen molar-refractivity contribution in [3.8, 4) is 0 Å². The van der Waals surface area contributed by atoms with Crippen molar-refractivity contribution in [2.24, 2.45) is 5.16 Å². The van der Waals surface area contributed by atoms with E-state index in [2.05, 4.69) is 5.16 Å². The van der Waals surface area contributed by atoms with Crippen molar-refractivity contribution < 1.29 is 20.2 Å². The Hall–Kier alpha value is -1.62. The Kier molecular flexibility index (Phi) is 3.41. The van der Waals surface area contributed by atoms with Gasteiger partial charge >= 0.3 is 5.97 Å². The van der Waals surface area contributed by atoms with E-state index < -0.39 is 12.1 Å². The molecule has 5 nitrogen and oxygen atoms in total. The van der Waals surface area contributed by atoms with E-state index in [-0.39, 0.29) is 18.6 Å². The molecule has 0 amide bonds. The third kappa shape index (κ3) is 2.43. The summed E-state index contributed by atoms with van der Waals surface area (Å²) >= 11 is 0. The fourth-order valence-electron chi connectivity index (χ4n) is 1.22. The molecule has 0 aromatic carbocycles. The van der Waals surface area contributed by atoms with Crippen molar-refractivity contribution in [3.63, 3.8) is 0 Å². The number of carbonyl (C=O) groups is 1. The number of aliphatic hydroxyl groups excluding tert-OH is 1. The lowest BCUT2D eigenvalue weighted by molar-refractivity contribution is -0.136. The predicted octanol–water partition coefficient (Wildman–Crippen LogP) is 0.539. The molecule has 1 unspecified atom stereocenters. The van der Waals surface area contributed by atoms with Crippen molar-refractivity contribution >= 4 is 11.7 Å². The molecule has 0 radical (unpaired) electrons. The molecule has 0 aromatic heterocycles. The number of oxime groups is 1. The smallest absolute Gasteiger partial charge is 0.303 e. The fourth-order valence-corrected chi connectivity index (χ4v) is 1.22. The summed E-state index contributed by atoms with van der Waals surface area (Å²) in [5, 5.41) is 29.3. The largest absolute Gasteiger partial charge is 0.481 e. The van der Waals surface area contributed by atoms with E-state index >= 15 is 0 Å². The van der Waals surface area contributed by atoms with Gasteiger partial charge in [-0.2, -0.15) is 0 Å². The minimum atomic E-state index is -0.950. The molecule has 1 atom stereocenters. The quantitative estimate of drug-likeness (QED) is 0.455. The first-order chi connectivity index (χ1) is 6.65. The number of carboxylic acids is 1. The molecule has 0 aliphatic heterocycles. The highest BCUT2D eigenvalue weighted by Gasteiger charge is 2.18. The molecule has 5 heteroatoms. The molecule has 0 fully saturated rings. The third-order valence-electron chi connectivity index (χ3n) is 1.92. The van der Waals surface area contributed by atoms with Crippen LogP contribution in [0.2, 0.25) is 0 Å². The van der Waals surface area contributed by atoms with Gasteiger partial charge in [0.25, 0.3) is 0 Å². The summed E-state index contributed by atoms with van der Waals surface area (Å²) in [4.78, 5) is 10.3. The van der Waals surface area contributed by atoms with Gasteiger partial charge in [-0.05, 0) is 12.0 Å². The van der Waals surface area contributed by atoms with Crippen LogP contribution in [0.1, 0.15) is 12.8 Å². The Bertz CT molecular complexity index is 317. The topological polar surface area (TPSA) is 90.1 Å².